The first-order chi connectivity index (χ1) is 29.1. The fraction of sp³-hybridized carbons (Fsp3) is 0.404. The molecule has 7 atom stereocenters. The summed E-state index contributed by atoms with van der Waals surface area (Å²) in [5, 5.41) is 20.5. The molecule has 1 aliphatic carbocycles. The molecule has 0 spiro atoms. The van der Waals surface area contributed by atoms with Crippen LogP contribution in [0.4, 0.5) is 11.6 Å². The van der Waals surface area contributed by atoms with Crippen molar-refractivity contribution in [2.75, 3.05) is 23.8 Å². The van der Waals surface area contributed by atoms with E-state index in [1.807, 2.05) is 33.9 Å². The van der Waals surface area contributed by atoms with Crippen molar-refractivity contribution in [3.63, 3.8) is 0 Å². The van der Waals surface area contributed by atoms with E-state index in [0.717, 1.165) is 83.4 Å². The molecule has 8 heterocycles. The van der Waals surface area contributed by atoms with Gasteiger partial charge in [0, 0.05) is 72.7 Å². The molecule has 4 aliphatic heterocycles. The lowest BCUT2D eigenvalue weighted by atomic mass is 9.77. The van der Waals surface area contributed by atoms with Gasteiger partial charge in [0.25, 0.3) is 0 Å². The Morgan fingerprint density at radius 3 is 2.08 bits per heavy atom. The highest BCUT2D eigenvalue weighted by Crippen LogP contribution is 2.45. The molecule has 11 rings (SSSR count). The number of benzene rings is 2. The van der Waals surface area contributed by atoms with Crippen molar-refractivity contribution in [1.82, 2.24) is 40.2 Å². The van der Waals surface area contributed by atoms with Crippen molar-refractivity contribution < 1.29 is 9.47 Å². The van der Waals surface area contributed by atoms with Crippen LogP contribution in [0.25, 0.3) is 33.6 Å². The molecular weight excluding hydrogens is 737 g/mol. The van der Waals surface area contributed by atoms with Crippen LogP contribution in [-0.2, 0) is 13.2 Å². The monoisotopic (exact) mass is 788 g/mol. The van der Waals surface area contributed by atoms with Crippen LogP contribution in [0.15, 0.2) is 97.6 Å². The maximum Gasteiger partial charge on any atom is 0.223 e. The van der Waals surface area contributed by atoms with E-state index >= 15 is 0 Å². The summed E-state index contributed by atoms with van der Waals surface area (Å²) in [6.45, 7) is 4.19. The largest absolute Gasteiger partial charge is 0.472 e. The van der Waals surface area contributed by atoms with Crippen molar-refractivity contribution in [1.29, 1.82) is 0 Å². The van der Waals surface area contributed by atoms with Crippen LogP contribution < -0.4 is 30.3 Å². The van der Waals surface area contributed by atoms with Gasteiger partial charge in [0.1, 0.15) is 24.8 Å². The topological polar surface area (TPSA) is 119 Å². The molecule has 3 N–H and O–H groups in total. The molecule has 4 aromatic heterocycles. The van der Waals surface area contributed by atoms with Gasteiger partial charge < -0.3 is 30.3 Å². The molecule has 12 heteroatoms. The highest BCUT2D eigenvalue weighted by Gasteiger charge is 2.47. The molecule has 1 saturated carbocycles. The van der Waals surface area contributed by atoms with Crippen LogP contribution in [0, 0.1) is 11.8 Å². The molecule has 2 bridgehead atoms. The molecule has 0 amide bonds. The fourth-order valence-corrected chi connectivity index (χ4v) is 11.1. The van der Waals surface area contributed by atoms with Crippen molar-refractivity contribution in [2.24, 2.45) is 11.8 Å². The van der Waals surface area contributed by atoms with Crippen LogP contribution >= 0.6 is 0 Å². The molecule has 5 aliphatic rings. The summed E-state index contributed by atoms with van der Waals surface area (Å²) in [5.74, 6) is 4.62. The summed E-state index contributed by atoms with van der Waals surface area (Å²) in [6.07, 6.45) is 15.7. The Bertz CT molecular complexity index is 2450. The Balaban J connectivity index is 0.753. The van der Waals surface area contributed by atoms with Gasteiger partial charge in [-0.25, -0.2) is 9.36 Å². The van der Waals surface area contributed by atoms with E-state index in [9.17, 15) is 0 Å². The van der Waals surface area contributed by atoms with Crippen molar-refractivity contribution >= 4 is 11.6 Å². The summed E-state index contributed by atoms with van der Waals surface area (Å²) in [5.41, 5.74) is 8.84. The number of hydrogen-bond acceptors (Lipinski definition) is 10. The predicted octanol–water partition coefficient (Wildman–Crippen LogP) is 7.56. The molecule has 0 radical (unpaired) electrons. The lowest BCUT2D eigenvalue weighted by Crippen LogP contribution is -2.50. The molecule has 6 aromatic rings. The molecule has 12 nitrogen and oxygen atoms in total. The van der Waals surface area contributed by atoms with Gasteiger partial charge in [-0.05, 0) is 147 Å². The Hall–Kier alpha value is -5.72. The number of anilines is 2. The second-order valence-corrected chi connectivity index (χ2v) is 17.1. The predicted molar refractivity (Wildman–Crippen MR) is 229 cm³/mol. The molecule has 2 aromatic carbocycles. The number of rotatable bonds is 9. The van der Waals surface area contributed by atoms with Crippen molar-refractivity contribution in [3.8, 4) is 45.4 Å². The quantitative estimate of drug-likeness (QED) is 0.127. The second kappa shape index (κ2) is 15.1. The molecule has 59 heavy (non-hydrogen) atoms. The Morgan fingerprint density at radius 2 is 1.42 bits per heavy atom. The minimum atomic E-state index is 0.343. The maximum absolute atomic E-state index is 6.33. The van der Waals surface area contributed by atoms with Gasteiger partial charge in [-0.2, -0.15) is 20.2 Å². The minimum Gasteiger partial charge on any atom is -0.472 e. The number of pyridine rings is 2. The van der Waals surface area contributed by atoms with Crippen molar-refractivity contribution in [3.05, 3.63) is 109 Å². The van der Waals surface area contributed by atoms with Gasteiger partial charge in [0.05, 0.1) is 11.4 Å². The third-order valence-electron chi connectivity index (χ3n) is 13.8. The Labute approximate surface area is 345 Å². The van der Waals surface area contributed by atoms with E-state index in [2.05, 4.69) is 106 Å². The average Bonchev–Trinajstić information content (AvgIpc) is 4.05. The zero-order valence-corrected chi connectivity index (χ0v) is 33.8. The number of aromatic nitrogens is 6. The second-order valence-electron chi connectivity index (χ2n) is 17.1. The number of nitrogens with zero attached hydrogens (tertiary/aromatic N) is 7. The number of nitrogens with one attached hydrogen (secondary N) is 3. The highest BCUT2D eigenvalue weighted by molar-refractivity contribution is 5.77. The number of fused-ring (bicyclic) bond motifs is 8. The van der Waals surface area contributed by atoms with Gasteiger partial charge in [-0.3, -0.25) is 0 Å². The van der Waals surface area contributed by atoms with Gasteiger partial charge in [0.15, 0.2) is 0 Å². The smallest absolute Gasteiger partial charge is 0.223 e. The minimum absolute atomic E-state index is 0.343. The fourth-order valence-electron chi connectivity index (χ4n) is 11.1. The SMILES string of the molecule is CCN(c1ccc2c(n1)OCc1cc(-n3cccn3)ccc1-2)[C@@H]1C[C@H]2CC(C3CCCC(Nc4ccc5c(n4)OCc4cc(-n6cccn6)ccc4-5)C[C@H]3NC)[C@@H](C1)N2. The van der Waals surface area contributed by atoms with Crippen LogP contribution in [0.2, 0.25) is 0 Å². The van der Waals surface area contributed by atoms with Crippen LogP contribution in [0.1, 0.15) is 63.0 Å². The highest BCUT2D eigenvalue weighted by atomic mass is 16.5. The normalized spacial score (nSPS) is 25.4. The first kappa shape index (κ1) is 36.4. The van der Waals surface area contributed by atoms with E-state index < -0.39 is 0 Å². The summed E-state index contributed by atoms with van der Waals surface area (Å²) in [4.78, 5) is 12.7. The van der Waals surface area contributed by atoms with Crippen molar-refractivity contribution in [2.45, 2.75) is 95.3 Å². The van der Waals surface area contributed by atoms with Crippen LogP contribution in [-0.4, -0.2) is 73.3 Å². The van der Waals surface area contributed by atoms with Gasteiger partial charge in [0.2, 0.25) is 11.8 Å². The molecule has 302 valence electrons. The number of piperidine rings is 1. The summed E-state index contributed by atoms with van der Waals surface area (Å²) >= 11 is 0. The van der Waals surface area contributed by atoms with E-state index in [-0.39, 0.29) is 0 Å². The first-order valence-electron chi connectivity index (χ1n) is 21.6. The molecule has 3 unspecified atom stereocenters. The summed E-state index contributed by atoms with van der Waals surface area (Å²) < 4.78 is 16.3. The first-order valence-corrected chi connectivity index (χ1v) is 21.6. The lowest BCUT2D eigenvalue weighted by molar-refractivity contribution is 0.211. The van der Waals surface area contributed by atoms with E-state index in [1.54, 1.807) is 12.4 Å². The van der Waals surface area contributed by atoms with Gasteiger partial charge in [-0.15, -0.1) is 0 Å². The Kier molecular flexibility index (Phi) is 9.33. The average molecular weight is 789 g/mol. The van der Waals surface area contributed by atoms with E-state index in [4.69, 9.17) is 19.4 Å². The van der Waals surface area contributed by atoms with E-state index in [1.165, 1.54) is 30.4 Å². The van der Waals surface area contributed by atoms with E-state index in [0.29, 0.717) is 61.1 Å². The van der Waals surface area contributed by atoms with Crippen LogP contribution in [0.5, 0.6) is 11.8 Å². The number of ether oxygens (including phenoxy) is 2. The molecule has 2 saturated heterocycles. The third-order valence-corrected chi connectivity index (χ3v) is 13.8. The standard InChI is InChI=1S/C47H52N10O2/c1-3-55(45-16-14-40-37-12-10-34(57-20-6-18-50-57)22-30(37)28-59-47(40)54-45)35-23-32-24-41(43(26-35)51-32)38-8-4-7-31(25-42(38)48-2)52-44-15-13-39-36-11-9-33(56-19-5-17-49-56)21-29(36)27-58-46(39)53-44/h5-6,9-22,31-32,35,38,41-43,48,51H,3-4,7-8,23-28H2,1-2H3,(H,52,53)/t31?,32-,35+,38?,41?,42+,43+/m0/s1. The zero-order valence-electron chi connectivity index (χ0n) is 33.8. The number of hydrogen-bond donors (Lipinski definition) is 3. The molecular formula is C47H52N10O2. The zero-order chi connectivity index (χ0) is 39.5. The summed E-state index contributed by atoms with van der Waals surface area (Å²) in [6, 6.07) is 27.7. The lowest BCUT2D eigenvalue weighted by Gasteiger charge is -2.40. The van der Waals surface area contributed by atoms with Gasteiger partial charge >= 0.3 is 0 Å². The molecule has 3 fully saturated rings. The summed E-state index contributed by atoms with van der Waals surface area (Å²) in [7, 11) is 2.16. The van der Waals surface area contributed by atoms with Gasteiger partial charge in [-0.1, -0.05) is 18.6 Å². The van der Waals surface area contributed by atoms with Crippen LogP contribution in [0.3, 0.4) is 0 Å². The third kappa shape index (κ3) is 6.72. The maximum atomic E-state index is 6.33. The Morgan fingerprint density at radius 1 is 0.746 bits per heavy atom.